The molecule has 0 bridgehead atoms. The van der Waals surface area contributed by atoms with Crippen LogP contribution in [0.4, 0.5) is 5.82 Å². The van der Waals surface area contributed by atoms with Crippen molar-refractivity contribution in [1.82, 2.24) is 24.5 Å². The fourth-order valence-corrected chi connectivity index (χ4v) is 2.79. The molecule has 1 saturated carbocycles. The molecular weight excluding hydrogens is 240 g/mol. The van der Waals surface area contributed by atoms with Gasteiger partial charge in [0, 0.05) is 20.0 Å². The lowest BCUT2D eigenvalue weighted by atomic mass is 9.89. The van der Waals surface area contributed by atoms with Gasteiger partial charge < -0.3 is 5.73 Å². The highest BCUT2D eigenvalue weighted by atomic mass is 15.3. The average molecular weight is 260 g/mol. The lowest BCUT2D eigenvalue weighted by Crippen LogP contribution is -2.06. The van der Waals surface area contributed by atoms with E-state index in [1.807, 2.05) is 18.8 Å². The molecule has 0 saturated heterocycles. The normalized spacial score (nSPS) is 16.9. The van der Waals surface area contributed by atoms with Gasteiger partial charge in [0.15, 0.2) is 11.6 Å². The molecule has 0 radical (unpaired) electrons. The summed E-state index contributed by atoms with van der Waals surface area (Å²) in [5.74, 6) is 2.91. The van der Waals surface area contributed by atoms with Crippen molar-refractivity contribution < 1.29 is 0 Å². The second-order valence-electron chi connectivity index (χ2n) is 5.32. The third kappa shape index (κ3) is 2.11. The van der Waals surface area contributed by atoms with E-state index in [1.165, 1.54) is 32.1 Å². The van der Waals surface area contributed by atoms with E-state index in [2.05, 4.69) is 10.2 Å². The Bertz CT molecular complexity index is 576. The van der Waals surface area contributed by atoms with Crippen molar-refractivity contribution in [2.75, 3.05) is 5.73 Å². The second-order valence-corrected chi connectivity index (χ2v) is 5.32. The molecule has 0 atom stereocenters. The summed E-state index contributed by atoms with van der Waals surface area (Å²) in [4.78, 5) is 4.70. The molecule has 0 aromatic carbocycles. The summed E-state index contributed by atoms with van der Waals surface area (Å²) in [6.07, 6.45) is 8.06. The summed E-state index contributed by atoms with van der Waals surface area (Å²) in [5.41, 5.74) is 6.87. The largest absolute Gasteiger partial charge is 0.383 e. The predicted molar refractivity (Wildman–Crippen MR) is 73.4 cm³/mol. The molecule has 19 heavy (non-hydrogen) atoms. The lowest BCUT2D eigenvalue weighted by Gasteiger charge is -2.18. The van der Waals surface area contributed by atoms with Crippen LogP contribution in [0.1, 0.15) is 43.8 Å². The summed E-state index contributed by atoms with van der Waals surface area (Å²) in [6, 6.07) is 0. The number of aromatic nitrogens is 5. The molecule has 2 aromatic rings. The fourth-order valence-electron chi connectivity index (χ4n) is 2.79. The van der Waals surface area contributed by atoms with Crippen molar-refractivity contribution in [3.63, 3.8) is 0 Å². The molecule has 0 unspecified atom stereocenters. The SMILES string of the molecule is Cn1nc(C2CCCCC2)nc1-c1cnn(C)c1N. The lowest BCUT2D eigenvalue weighted by molar-refractivity contribution is 0.427. The zero-order valence-electron chi connectivity index (χ0n) is 11.5. The minimum absolute atomic E-state index is 0.506. The first-order chi connectivity index (χ1) is 9.16. The number of nitrogens with two attached hydrogens (primary N) is 1. The maximum absolute atomic E-state index is 6.01. The number of hydrogen-bond donors (Lipinski definition) is 1. The van der Waals surface area contributed by atoms with Crippen LogP contribution >= 0.6 is 0 Å². The van der Waals surface area contributed by atoms with E-state index in [0.717, 1.165) is 17.2 Å². The third-order valence-electron chi connectivity index (χ3n) is 3.98. The average Bonchev–Trinajstić information content (AvgIpc) is 2.96. The van der Waals surface area contributed by atoms with Crippen molar-refractivity contribution in [3.8, 4) is 11.4 Å². The summed E-state index contributed by atoms with van der Waals surface area (Å²) in [7, 11) is 3.75. The Labute approximate surface area is 112 Å². The zero-order valence-corrected chi connectivity index (χ0v) is 11.5. The van der Waals surface area contributed by atoms with Crippen molar-refractivity contribution in [3.05, 3.63) is 12.0 Å². The Kier molecular flexibility index (Phi) is 3.00. The minimum atomic E-state index is 0.506. The summed E-state index contributed by atoms with van der Waals surface area (Å²) in [6.45, 7) is 0. The first kappa shape index (κ1) is 12.2. The van der Waals surface area contributed by atoms with Crippen molar-refractivity contribution >= 4 is 5.82 Å². The van der Waals surface area contributed by atoms with E-state index >= 15 is 0 Å². The standard InChI is InChI=1S/C13H20N6/c1-18-11(14)10(8-15-18)13-16-12(17-19(13)2)9-6-4-3-5-7-9/h8-9H,3-7,14H2,1-2H3. The molecule has 2 heterocycles. The number of nitrogens with zero attached hydrogens (tertiary/aromatic N) is 5. The van der Waals surface area contributed by atoms with Crippen LogP contribution in [-0.2, 0) is 14.1 Å². The smallest absolute Gasteiger partial charge is 0.163 e. The highest BCUT2D eigenvalue weighted by molar-refractivity contribution is 5.67. The molecule has 6 nitrogen and oxygen atoms in total. The minimum Gasteiger partial charge on any atom is -0.383 e. The van der Waals surface area contributed by atoms with E-state index in [-0.39, 0.29) is 0 Å². The fraction of sp³-hybridized carbons (Fsp3) is 0.615. The Balaban J connectivity index is 1.95. The summed E-state index contributed by atoms with van der Waals surface area (Å²) < 4.78 is 3.47. The second kappa shape index (κ2) is 4.68. The topological polar surface area (TPSA) is 74.5 Å². The van der Waals surface area contributed by atoms with E-state index in [9.17, 15) is 0 Å². The van der Waals surface area contributed by atoms with Gasteiger partial charge in [0.2, 0.25) is 0 Å². The molecule has 1 aliphatic rings. The number of aryl methyl sites for hydroxylation is 2. The summed E-state index contributed by atoms with van der Waals surface area (Å²) >= 11 is 0. The Morgan fingerprint density at radius 2 is 1.89 bits per heavy atom. The molecule has 2 aromatic heterocycles. The maximum Gasteiger partial charge on any atom is 0.163 e. The quantitative estimate of drug-likeness (QED) is 0.894. The van der Waals surface area contributed by atoms with Crippen LogP contribution in [0.15, 0.2) is 6.20 Å². The maximum atomic E-state index is 6.01. The van der Waals surface area contributed by atoms with Gasteiger partial charge in [0.25, 0.3) is 0 Å². The van der Waals surface area contributed by atoms with Gasteiger partial charge in [-0.15, -0.1) is 0 Å². The third-order valence-corrected chi connectivity index (χ3v) is 3.98. The van der Waals surface area contributed by atoms with Crippen LogP contribution in [0.25, 0.3) is 11.4 Å². The van der Waals surface area contributed by atoms with E-state index < -0.39 is 0 Å². The van der Waals surface area contributed by atoms with E-state index in [1.54, 1.807) is 10.9 Å². The molecule has 1 aliphatic carbocycles. The number of rotatable bonds is 2. The molecule has 102 valence electrons. The molecule has 1 fully saturated rings. The monoisotopic (exact) mass is 260 g/mol. The summed E-state index contributed by atoms with van der Waals surface area (Å²) in [5, 5.41) is 8.74. The number of nitrogen functional groups attached to an aromatic ring is 1. The van der Waals surface area contributed by atoms with Gasteiger partial charge in [-0.05, 0) is 12.8 Å². The van der Waals surface area contributed by atoms with E-state index in [4.69, 9.17) is 10.7 Å². The van der Waals surface area contributed by atoms with Crippen molar-refractivity contribution in [2.45, 2.75) is 38.0 Å². The zero-order chi connectivity index (χ0) is 13.4. The van der Waals surface area contributed by atoms with Crippen LogP contribution in [0.2, 0.25) is 0 Å². The van der Waals surface area contributed by atoms with Gasteiger partial charge in [-0.1, -0.05) is 19.3 Å². The highest BCUT2D eigenvalue weighted by Crippen LogP contribution is 2.32. The molecule has 6 heteroatoms. The molecule has 0 spiro atoms. The first-order valence-corrected chi connectivity index (χ1v) is 6.85. The highest BCUT2D eigenvalue weighted by Gasteiger charge is 2.22. The molecule has 0 aliphatic heterocycles. The van der Waals surface area contributed by atoms with Gasteiger partial charge in [0.05, 0.1) is 11.8 Å². The first-order valence-electron chi connectivity index (χ1n) is 6.85. The Morgan fingerprint density at radius 1 is 1.16 bits per heavy atom. The van der Waals surface area contributed by atoms with Crippen molar-refractivity contribution in [2.24, 2.45) is 14.1 Å². The Hall–Kier alpha value is -1.85. The number of hydrogen-bond acceptors (Lipinski definition) is 4. The molecule has 2 N–H and O–H groups in total. The van der Waals surface area contributed by atoms with Gasteiger partial charge in [-0.3, -0.25) is 4.68 Å². The van der Waals surface area contributed by atoms with Crippen LogP contribution in [0, 0.1) is 0 Å². The van der Waals surface area contributed by atoms with Crippen molar-refractivity contribution in [1.29, 1.82) is 0 Å². The van der Waals surface area contributed by atoms with Crippen LogP contribution in [0.3, 0.4) is 0 Å². The van der Waals surface area contributed by atoms with Gasteiger partial charge in [-0.25, -0.2) is 9.67 Å². The van der Waals surface area contributed by atoms with Gasteiger partial charge >= 0.3 is 0 Å². The molecular formula is C13H20N6. The molecule has 3 rings (SSSR count). The predicted octanol–water partition coefficient (Wildman–Crippen LogP) is 1.85. The van der Waals surface area contributed by atoms with Gasteiger partial charge in [0.1, 0.15) is 5.82 Å². The Morgan fingerprint density at radius 3 is 2.53 bits per heavy atom. The van der Waals surface area contributed by atoms with Crippen LogP contribution < -0.4 is 5.73 Å². The van der Waals surface area contributed by atoms with Crippen LogP contribution in [0.5, 0.6) is 0 Å². The molecule has 0 amide bonds. The van der Waals surface area contributed by atoms with Gasteiger partial charge in [-0.2, -0.15) is 10.2 Å². The van der Waals surface area contributed by atoms with Crippen LogP contribution in [-0.4, -0.2) is 24.5 Å². The number of anilines is 1. The van der Waals surface area contributed by atoms with E-state index in [0.29, 0.717) is 11.7 Å².